The Balaban J connectivity index is 1.41. The Kier molecular flexibility index (Phi) is 11.5. The Hall–Kier alpha value is -3.49. The van der Waals surface area contributed by atoms with E-state index in [9.17, 15) is 27.6 Å². The second kappa shape index (κ2) is 14.6. The first-order valence-electron chi connectivity index (χ1n) is 13.9. The van der Waals surface area contributed by atoms with Gasteiger partial charge in [-0.25, -0.2) is 9.59 Å². The van der Waals surface area contributed by atoms with Gasteiger partial charge in [0.05, 0.1) is 5.54 Å². The van der Waals surface area contributed by atoms with E-state index in [1.54, 1.807) is 24.4 Å². The van der Waals surface area contributed by atoms with Crippen LogP contribution in [0.15, 0.2) is 41.3 Å². The summed E-state index contributed by atoms with van der Waals surface area (Å²) in [5, 5.41) is 5.54. The second-order valence-corrected chi connectivity index (χ2v) is 11.1. The number of carbonyl (C=O) groups is 2. The number of amides is 1. The minimum Gasteiger partial charge on any atom is -0.457 e. The van der Waals surface area contributed by atoms with Gasteiger partial charge in [0.15, 0.2) is 0 Å². The maximum absolute atomic E-state index is 12.6. The summed E-state index contributed by atoms with van der Waals surface area (Å²) in [4.78, 5) is 44.7. The highest BCUT2D eigenvalue weighted by Crippen LogP contribution is 2.18. The van der Waals surface area contributed by atoms with E-state index in [1.165, 1.54) is 36.5 Å². The number of benzene rings is 1. The average Bonchev–Trinajstić information content (AvgIpc) is 2.94. The molecule has 1 fully saturated rings. The van der Waals surface area contributed by atoms with Crippen LogP contribution in [0, 0.1) is 0 Å². The number of unbranched alkanes of at least 4 members (excludes halogenated alkanes) is 1. The lowest BCUT2D eigenvalue weighted by Crippen LogP contribution is -2.48. The van der Waals surface area contributed by atoms with Gasteiger partial charge in [0.25, 0.3) is 5.91 Å². The van der Waals surface area contributed by atoms with E-state index in [1.807, 2.05) is 0 Å². The Bertz CT molecular complexity index is 1240. The monoisotopic (exact) mass is 595 g/mol. The number of piperidine rings is 1. The van der Waals surface area contributed by atoms with Gasteiger partial charge in [0.2, 0.25) is 0 Å². The molecule has 1 aromatic heterocycles. The van der Waals surface area contributed by atoms with Crippen LogP contribution in [0.4, 0.5) is 24.7 Å². The molecule has 0 radical (unpaired) electrons. The van der Waals surface area contributed by atoms with E-state index >= 15 is 0 Å². The molecule has 0 aliphatic carbocycles. The number of carbonyl (C=O) groups excluding carboxylic acids is 2. The zero-order valence-corrected chi connectivity index (χ0v) is 24.2. The molecule has 0 unspecified atom stereocenters. The molecular weight excluding hydrogens is 555 g/mol. The molecule has 14 heteroatoms. The van der Waals surface area contributed by atoms with Crippen LogP contribution in [0.1, 0.15) is 43.0 Å². The van der Waals surface area contributed by atoms with Gasteiger partial charge in [-0.1, -0.05) is 0 Å². The highest BCUT2D eigenvalue weighted by atomic mass is 19.4. The number of halogens is 3. The summed E-state index contributed by atoms with van der Waals surface area (Å²) < 4.78 is 42.7. The highest BCUT2D eigenvalue weighted by Gasteiger charge is 2.41. The maximum Gasteiger partial charge on any atom is 0.490 e. The van der Waals surface area contributed by atoms with Gasteiger partial charge in [-0.15, -0.1) is 0 Å². The van der Waals surface area contributed by atoms with Crippen LogP contribution in [0.5, 0.6) is 0 Å². The van der Waals surface area contributed by atoms with Gasteiger partial charge in [-0.05, 0) is 96.7 Å². The number of aromatic nitrogens is 2. The molecule has 42 heavy (non-hydrogen) atoms. The summed E-state index contributed by atoms with van der Waals surface area (Å²) in [7, 11) is 4.25. The molecule has 1 saturated heterocycles. The minimum absolute atomic E-state index is 0.000652. The quantitative estimate of drug-likeness (QED) is 0.236. The van der Waals surface area contributed by atoms with Crippen LogP contribution in [0.25, 0.3) is 0 Å². The number of hydrogen-bond donors (Lipinski definition) is 3. The molecule has 1 aliphatic heterocycles. The van der Waals surface area contributed by atoms with Crippen LogP contribution >= 0.6 is 0 Å². The Morgan fingerprint density at radius 1 is 1.10 bits per heavy atom. The fourth-order valence-electron chi connectivity index (χ4n) is 4.54. The lowest BCUT2D eigenvalue weighted by molar-refractivity contribution is -0.201. The van der Waals surface area contributed by atoms with Crippen LogP contribution in [0.2, 0.25) is 0 Å². The van der Waals surface area contributed by atoms with Crippen molar-refractivity contribution in [2.24, 2.45) is 5.73 Å². The molecular formula is C28H40F3N7O4. The highest BCUT2D eigenvalue weighted by molar-refractivity contribution is 6.03. The molecule has 1 aromatic carbocycles. The van der Waals surface area contributed by atoms with Crippen LogP contribution < -0.4 is 22.1 Å². The molecule has 0 bridgehead atoms. The average molecular weight is 596 g/mol. The number of likely N-dealkylation sites (tertiary alicyclic amines) is 1. The molecule has 4 N–H and O–H groups in total. The number of esters is 1. The van der Waals surface area contributed by atoms with Crippen LogP contribution in [-0.2, 0) is 16.1 Å². The molecule has 0 saturated carbocycles. The molecule has 2 aromatic rings. The number of nitrogens with two attached hydrogens (primary N) is 1. The predicted molar refractivity (Wildman–Crippen MR) is 153 cm³/mol. The van der Waals surface area contributed by atoms with Gasteiger partial charge in [0, 0.05) is 36.6 Å². The van der Waals surface area contributed by atoms with Crippen molar-refractivity contribution in [1.82, 2.24) is 19.4 Å². The zero-order chi connectivity index (χ0) is 30.9. The molecule has 2 heterocycles. The SMILES string of the molecule is CN(C)C1CCN(CCCCn2ccc(NC(=O)c3ccc(NC[C@](C)(N)COC(=O)C(F)(F)F)cc3)nc2=O)CC1. The Labute approximate surface area is 243 Å². The van der Waals surface area contributed by atoms with Crippen molar-refractivity contribution in [3.05, 3.63) is 52.6 Å². The first kappa shape index (κ1) is 33.0. The first-order valence-corrected chi connectivity index (χ1v) is 13.9. The van der Waals surface area contributed by atoms with E-state index in [2.05, 4.69) is 44.2 Å². The number of alkyl halides is 3. The molecule has 1 atom stereocenters. The summed E-state index contributed by atoms with van der Waals surface area (Å²) in [5.41, 5.74) is 5.05. The topological polar surface area (TPSA) is 135 Å². The number of hydrogen-bond acceptors (Lipinski definition) is 9. The standard InChI is InChI=1S/C28H40F3N7O4/c1-27(32,19-42-25(40)28(29,30)31)18-33-21-8-6-20(7-9-21)24(39)34-23-12-17-38(26(41)35-23)14-5-4-13-37-15-10-22(11-16-37)36(2)3/h6-9,12,17,22,33H,4-5,10-11,13-16,18-19,32H2,1-3H3,(H,34,35,39,41)/t27-/m0/s1. The van der Waals surface area contributed by atoms with Gasteiger partial charge >= 0.3 is 17.8 Å². The van der Waals surface area contributed by atoms with Crippen LogP contribution in [-0.4, -0.2) is 95.9 Å². The van der Waals surface area contributed by atoms with Crippen molar-refractivity contribution in [3.63, 3.8) is 0 Å². The van der Waals surface area contributed by atoms with Gasteiger partial charge < -0.3 is 30.9 Å². The van der Waals surface area contributed by atoms with Crippen molar-refractivity contribution in [2.45, 2.75) is 56.9 Å². The first-order chi connectivity index (χ1) is 19.7. The lowest BCUT2D eigenvalue weighted by atomic mass is 10.0. The van der Waals surface area contributed by atoms with E-state index in [-0.39, 0.29) is 12.4 Å². The molecule has 232 valence electrons. The zero-order valence-electron chi connectivity index (χ0n) is 24.2. The summed E-state index contributed by atoms with van der Waals surface area (Å²) in [6, 6.07) is 8.46. The third-order valence-corrected chi connectivity index (χ3v) is 7.13. The third kappa shape index (κ3) is 10.4. The van der Waals surface area contributed by atoms with Crippen molar-refractivity contribution < 1.29 is 27.5 Å². The van der Waals surface area contributed by atoms with E-state index in [0.717, 1.165) is 32.5 Å². The number of nitrogens with zero attached hydrogens (tertiary/aromatic N) is 4. The maximum atomic E-state index is 12.6. The van der Waals surface area contributed by atoms with Crippen molar-refractivity contribution in [3.8, 4) is 0 Å². The summed E-state index contributed by atoms with van der Waals surface area (Å²) in [5.74, 6) is -2.63. The Morgan fingerprint density at radius 2 is 1.74 bits per heavy atom. The van der Waals surface area contributed by atoms with Gasteiger partial charge in [-0.2, -0.15) is 18.2 Å². The largest absolute Gasteiger partial charge is 0.490 e. The van der Waals surface area contributed by atoms with Crippen molar-refractivity contribution in [2.75, 3.05) is 57.5 Å². The Morgan fingerprint density at radius 3 is 2.33 bits per heavy atom. The third-order valence-electron chi connectivity index (χ3n) is 7.13. The van der Waals surface area contributed by atoms with Crippen LogP contribution in [0.3, 0.4) is 0 Å². The molecule has 1 aliphatic rings. The van der Waals surface area contributed by atoms with E-state index < -0.39 is 35.9 Å². The lowest BCUT2D eigenvalue weighted by Gasteiger charge is -2.35. The smallest absolute Gasteiger partial charge is 0.457 e. The summed E-state index contributed by atoms with van der Waals surface area (Å²) >= 11 is 0. The summed E-state index contributed by atoms with van der Waals surface area (Å²) in [6.45, 7) is 4.54. The minimum atomic E-state index is -5.09. The number of ether oxygens (including phenoxy) is 1. The fourth-order valence-corrected chi connectivity index (χ4v) is 4.54. The van der Waals surface area contributed by atoms with Crippen molar-refractivity contribution in [1.29, 1.82) is 0 Å². The molecule has 1 amide bonds. The van der Waals surface area contributed by atoms with Crippen molar-refractivity contribution >= 4 is 23.4 Å². The number of aryl methyl sites for hydroxylation is 1. The van der Waals surface area contributed by atoms with E-state index in [4.69, 9.17) is 5.73 Å². The summed E-state index contributed by atoms with van der Waals surface area (Å²) in [6.07, 6.45) is 0.720. The molecule has 11 nitrogen and oxygen atoms in total. The molecule has 3 rings (SSSR count). The normalized spacial score (nSPS) is 16.2. The second-order valence-electron chi connectivity index (χ2n) is 11.1. The number of nitrogens with one attached hydrogen (secondary N) is 2. The number of anilines is 2. The number of rotatable bonds is 13. The van der Waals surface area contributed by atoms with E-state index in [0.29, 0.717) is 23.8 Å². The predicted octanol–water partition coefficient (Wildman–Crippen LogP) is 2.54. The van der Waals surface area contributed by atoms with Gasteiger partial charge in [-0.3, -0.25) is 9.36 Å². The van der Waals surface area contributed by atoms with Gasteiger partial charge in [0.1, 0.15) is 12.4 Å². The molecule has 0 spiro atoms. The fraction of sp³-hybridized carbons (Fsp3) is 0.571.